The van der Waals surface area contributed by atoms with E-state index in [0.29, 0.717) is 24.8 Å². The second kappa shape index (κ2) is 7.15. The molecule has 116 valence electrons. The van der Waals surface area contributed by atoms with E-state index >= 15 is 0 Å². The highest BCUT2D eigenvalue weighted by Gasteiger charge is 2.19. The van der Waals surface area contributed by atoms with Crippen molar-refractivity contribution in [2.45, 2.75) is 17.7 Å². The molecule has 0 saturated heterocycles. The predicted molar refractivity (Wildman–Crippen MR) is 89.7 cm³/mol. The molecule has 1 aliphatic heterocycles. The molecule has 1 atom stereocenters. The fourth-order valence-corrected chi connectivity index (χ4v) is 4.04. The smallest absolute Gasteiger partial charge is 0.230 e. The van der Waals surface area contributed by atoms with Crippen LogP contribution in [-0.4, -0.2) is 29.8 Å². The van der Waals surface area contributed by atoms with Crippen molar-refractivity contribution in [3.8, 4) is 5.75 Å². The van der Waals surface area contributed by atoms with Crippen molar-refractivity contribution in [2.24, 2.45) is 5.92 Å². The molecular formula is C16H18N2O2S2. The number of hydrogen-bond donors (Lipinski definition) is 1. The van der Waals surface area contributed by atoms with E-state index in [2.05, 4.69) is 16.4 Å². The molecule has 4 nitrogen and oxygen atoms in total. The van der Waals surface area contributed by atoms with Gasteiger partial charge in [0.15, 0.2) is 4.34 Å². The van der Waals surface area contributed by atoms with Crippen molar-refractivity contribution in [1.29, 1.82) is 0 Å². The first kappa shape index (κ1) is 15.4. The Morgan fingerprint density at radius 2 is 2.36 bits per heavy atom. The van der Waals surface area contributed by atoms with Gasteiger partial charge in [0.1, 0.15) is 5.75 Å². The van der Waals surface area contributed by atoms with Gasteiger partial charge < -0.3 is 10.1 Å². The Hall–Kier alpha value is -1.53. The number of para-hydroxylation sites is 1. The number of thiazole rings is 1. The number of ether oxygens (including phenoxy) is 1. The van der Waals surface area contributed by atoms with Crippen LogP contribution >= 0.6 is 23.1 Å². The van der Waals surface area contributed by atoms with Crippen LogP contribution in [0.5, 0.6) is 5.75 Å². The summed E-state index contributed by atoms with van der Waals surface area (Å²) in [5.74, 6) is 1.78. The van der Waals surface area contributed by atoms with Crippen molar-refractivity contribution < 1.29 is 9.53 Å². The van der Waals surface area contributed by atoms with E-state index in [1.54, 1.807) is 11.3 Å². The lowest BCUT2D eigenvalue weighted by atomic mass is 9.97. The minimum Gasteiger partial charge on any atom is -0.493 e. The monoisotopic (exact) mass is 334 g/mol. The van der Waals surface area contributed by atoms with Crippen LogP contribution < -0.4 is 10.1 Å². The molecule has 0 radical (unpaired) electrons. The van der Waals surface area contributed by atoms with Crippen LogP contribution in [0.1, 0.15) is 11.3 Å². The summed E-state index contributed by atoms with van der Waals surface area (Å²) >= 11 is 3.07. The summed E-state index contributed by atoms with van der Waals surface area (Å²) in [5.41, 5.74) is 2.23. The fourth-order valence-electron chi connectivity index (χ4n) is 2.36. The van der Waals surface area contributed by atoms with Gasteiger partial charge in [-0.25, -0.2) is 4.98 Å². The molecule has 2 aromatic rings. The first-order chi connectivity index (χ1) is 10.7. The minimum atomic E-state index is 0.0525. The van der Waals surface area contributed by atoms with E-state index in [1.807, 2.05) is 30.5 Å². The Morgan fingerprint density at radius 1 is 1.50 bits per heavy atom. The number of amides is 1. The minimum absolute atomic E-state index is 0.0525. The van der Waals surface area contributed by atoms with Gasteiger partial charge >= 0.3 is 0 Å². The molecule has 1 amide bonds. The third kappa shape index (κ3) is 4.01. The molecule has 1 aromatic carbocycles. The highest BCUT2D eigenvalue weighted by Crippen LogP contribution is 2.26. The van der Waals surface area contributed by atoms with Gasteiger partial charge in [-0.1, -0.05) is 30.0 Å². The first-order valence-electron chi connectivity index (χ1n) is 7.23. The number of fused-ring (bicyclic) bond motifs is 1. The van der Waals surface area contributed by atoms with Crippen LogP contribution in [0.3, 0.4) is 0 Å². The number of benzene rings is 1. The van der Waals surface area contributed by atoms with E-state index in [9.17, 15) is 4.79 Å². The molecule has 3 rings (SSSR count). The zero-order valence-corrected chi connectivity index (χ0v) is 14.0. The highest BCUT2D eigenvalue weighted by molar-refractivity contribution is 8.01. The summed E-state index contributed by atoms with van der Waals surface area (Å²) in [4.78, 5) is 16.3. The van der Waals surface area contributed by atoms with E-state index < -0.39 is 0 Å². The molecule has 0 saturated carbocycles. The molecule has 0 aliphatic carbocycles. The fraction of sp³-hybridized carbons (Fsp3) is 0.375. The molecule has 0 fully saturated rings. The van der Waals surface area contributed by atoms with Crippen LogP contribution in [0.15, 0.2) is 34.0 Å². The van der Waals surface area contributed by atoms with E-state index in [4.69, 9.17) is 4.74 Å². The molecule has 1 aliphatic rings. The standard InChI is InChI=1S/C16H18N2O2S2/c1-11-9-21-16(18-11)22-10-15(19)17-7-12-6-13-4-2-3-5-14(13)20-8-12/h2-5,9,12H,6-8,10H2,1H3,(H,17,19)/t12-/m1/s1. The normalized spacial score (nSPS) is 16.7. The number of carbonyl (C=O) groups excluding carboxylic acids is 1. The van der Waals surface area contributed by atoms with Crippen LogP contribution in [0.2, 0.25) is 0 Å². The Morgan fingerprint density at radius 3 is 3.18 bits per heavy atom. The highest BCUT2D eigenvalue weighted by atomic mass is 32.2. The zero-order chi connectivity index (χ0) is 15.4. The first-order valence-corrected chi connectivity index (χ1v) is 9.09. The number of aryl methyl sites for hydroxylation is 1. The number of aromatic nitrogens is 1. The van der Waals surface area contributed by atoms with Crippen LogP contribution in [-0.2, 0) is 11.2 Å². The maximum Gasteiger partial charge on any atom is 0.230 e. The van der Waals surface area contributed by atoms with Crippen molar-refractivity contribution in [3.63, 3.8) is 0 Å². The molecule has 6 heteroatoms. The van der Waals surface area contributed by atoms with E-state index in [1.165, 1.54) is 17.3 Å². The molecule has 0 spiro atoms. The second-order valence-electron chi connectivity index (χ2n) is 5.34. The van der Waals surface area contributed by atoms with Crippen LogP contribution in [0.25, 0.3) is 0 Å². The SMILES string of the molecule is Cc1csc(SCC(=O)NC[C@@H]2COc3ccccc3C2)n1. The van der Waals surface area contributed by atoms with Crippen molar-refractivity contribution >= 4 is 29.0 Å². The van der Waals surface area contributed by atoms with Gasteiger partial charge in [0, 0.05) is 23.5 Å². The number of thioether (sulfide) groups is 1. The Bertz CT molecular complexity index is 657. The van der Waals surface area contributed by atoms with Gasteiger partial charge in [-0.15, -0.1) is 11.3 Å². The molecule has 22 heavy (non-hydrogen) atoms. The summed E-state index contributed by atoms with van der Waals surface area (Å²) in [6.45, 7) is 3.28. The number of hydrogen-bond acceptors (Lipinski definition) is 5. The summed E-state index contributed by atoms with van der Waals surface area (Å²) in [6, 6.07) is 8.09. The number of rotatable bonds is 5. The molecular weight excluding hydrogens is 316 g/mol. The maximum absolute atomic E-state index is 11.9. The van der Waals surface area contributed by atoms with Crippen molar-refractivity contribution in [1.82, 2.24) is 10.3 Å². The van der Waals surface area contributed by atoms with Crippen molar-refractivity contribution in [2.75, 3.05) is 18.9 Å². The largest absolute Gasteiger partial charge is 0.493 e. The third-order valence-electron chi connectivity index (χ3n) is 3.47. The molecule has 0 unspecified atom stereocenters. The van der Waals surface area contributed by atoms with Gasteiger partial charge in [0.05, 0.1) is 12.4 Å². The zero-order valence-electron chi connectivity index (χ0n) is 12.4. The molecule has 0 bridgehead atoms. The predicted octanol–water partition coefficient (Wildman–Crippen LogP) is 2.91. The van der Waals surface area contributed by atoms with E-state index in [0.717, 1.165) is 22.2 Å². The lowest BCUT2D eigenvalue weighted by Gasteiger charge is -2.25. The summed E-state index contributed by atoms with van der Waals surface area (Å²) in [7, 11) is 0. The van der Waals surface area contributed by atoms with Gasteiger partial charge in [0.25, 0.3) is 0 Å². The van der Waals surface area contributed by atoms with Gasteiger partial charge in [-0.2, -0.15) is 0 Å². The Labute approximate surface area is 138 Å². The summed E-state index contributed by atoms with van der Waals surface area (Å²) < 4.78 is 6.68. The number of nitrogens with zero attached hydrogens (tertiary/aromatic N) is 1. The summed E-state index contributed by atoms with van der Waals surface area (Å²) in [5, 5.41) is 4.99. The quantitative estimate of drug-likeness (QED) is 0.854. The van der Waals surface area contributed by atoms with Gasteiger partial charge in [-0.3, -0.25) is 4.79 Å². The maximum atomic E-state index is 11.9. The third-order valence-corrected chi connectivity index (χ3v) is 5.61. The molecule has 1 N–H and O–H groups in total. The summed E-state index contributed by atoms with van der Waals surface area (Å²) in [6.07, 6.45) is 0.954. The number of carbonyl (C=O) groups is 1. The lowest BCUT2D eigenvalue weighted by molar-refractivity contribution is -0.118. The van der Waals surface area contributed by atoms with Crippen molar-refractivity contribution in [3.05, 3.63) is 40.9 Å². The molecule has 1 aromatic heterocycles. The van der Waals surface area contributed by atoms with Crippen LogP contribution in [0, 0.1) is 12.8 Å². The topological polar surface area (TPSA) is 51.2 Å². The van der Waals surface area contributed by atoms with E-state index in [-0.39, 0.29) is 5.91 Å². The average Bonchev–Trinajstić information content (AvgIpc) is 2.96. The van der Waals surface area contributed by atoms with Gasteiger partial charge in [-0.05, 0) is 25.0 Å². The Kier molecular flexibility index (Phi) is 5.00. The Balaban J connectivity index is 1.42. The molecule has 2 heterocycles. The van der Waals surface area contributed by atoms with Gasteiger partial charge in [0.2, 0.25) is 5.91 Å². The van der Waals surface area contributed by atoms with Crippen LogP contribution in [0.4, 0.5) is 0 Å². The average molecular weight is 334 g/mol. The lowest BCUT2D eigenvalue weighted by Crippen LogP contribution is -2.35. The number of nitrogens with one attached hydrogen (secondary N) is 1. The second-order valence-corrected chi connectivity index (χ2v) is 7.42.